The van der Waals surface area contributed by atoms with Crippen LogP contribution in [-0.4, -0.2) is 28.7 Å². The third kappa shape index (κ3) is 5.34. The van der Waals surface area contributed by atoms with Gasteiger partial charge in [-0.15, -0.1) is 0 Å². The predicted octanol–water partition coefficient (Wildman–Crippen LogP) is 3.23. The number of hydrogen-bond donors (Lipinski definition) is 1. The molecule has 9 nitrogen and oxygen atoms in total. The summed E-state index contributed by atoms with van der Waals surface area (Å²) < 4.78 is 6.32. The molecule has 31 heavy (non-hydrogen) atoms. The summed E-state index contributed by atoms with van der Waals surface area (Å²) in [5, 5.41) is 15.4. The van der Waals surface area contributed by atoms with Gasteiger partial charge in [-0.1, -0.05) is 23.7 Å². The number of nitro benzene ring substituents is 1. The number of pyridine rings is 1. The van der Waals surface area contributed by atoms with Crippen molar-refractivity contribution in [2.24, 2.45) is 5.10 Å². The number of carbonyl (C=O) groups excluding carboxylic acids is 1. The Bertz CT molecular complexity index is 1220. The van der Waals surface area contributed by atoms with Crippen molar-refractivity contribution in [3.05, 3.63) is 103 Å². The maximum atomic E-state index is 12.7. The Balaban J connectivity index is 1.75. The summed E-state index contributed by atoms with van der Waals surface area (Å²) in [4.78, 5) is 35.6. The van der Waals surface area contributed by atoms with E-state index < -0.39 is 16.4 Å². The van der Waals surface area contributed by atoms with Crippen molar-refractivity contribution >= 4 is 29.4 Å². The summed E-state index contributed by atoms with van der Waals surface area (Å²) in [6.45, 7) is 0.249. The van der Waals surface area contributed by atoms with Crippen LogP contribution in [-0.2, 0) is 6.54 Å². The van der Waals surface area contributed by atoms with Crippen LogP contribution < -0.4 is 15.7 Å². The zero-order valence-corrected chi connectivity index (χ0v) is 17.1. The Morgan fingerprint density at radius 2 is 2.06 bits per heavy atom. The number of methoxy groups -OCH3 is 1. The Morgan fingerprint density at radius 1 is 1.26 bits per heavy atom. The fraction of sp³-hybridized carbons (Fsp3) is 0.0952. The van der Waals surface area contributed by atoms with E-state index >= 15 is 0 Å². The average molecular weight is 441 g/mol. The molecule has 0 atom stereocenters. The van der Waals surface area contributed by atoms with Crippen molar-refractivity contribution in [2.75, 3.05) is 7.11 Å². The second kappa shape index (κ2) is 9.68. The highest BCUT2D eigenvalue weighted by Gasteiger charge is 2.15. The van der Waals surface area contributed by atoms with E-state index in [0.29, 0.717) is 10.6 Å². The van der Waals surface area contributed by atoms with Crippen LogP contribution in [0.25, 0.3) is 0 Å². The van der Waals surface area contributed by atoms with Gasteiger partial charge in [0.2, 0.25) is 0 Å². The molecule has 10 heteroatoms. The molecule has 1 N–H and O–H groups in total. The Hall–Kier alpha value is -3.98. The highest BCUT2D eigenvalue weighted by atomic mass is 35.5. The normalized spacial score (nSPS) is 10.8. The lowest BCUT2D eigenvalue weighted by Gasteiger charge is -2.08. The number of hydrogen-bond acceptors (Lipinski definition) is 6. The first-order valence-corrected chi connectivity index (χ1v) is 9.36. The standard InChI is InChI=1S/C21H17ClN4O5/c1-31-19-8-7-14(11-18(19)26(29)30)12-23-24-20(27)17-6-3-9-25(21(17)28)13-15-4-2-5-16(22)10-15/h2-12H,13H2,1H3,(H,24,27)/b23-12-. The van der Waals surface area contributed by atoms with Crippen molar-refractivity contribution in [1.82, 2.24) is 9.99 Å². The maximum Gasteiger partial charge on any atom is 0.311 e. The summed E-state index contributed by atoms with van der Waals surface area (Å²) in [5.41, 5.74) is 2.63. The minimum absolute atomic E-state index is 0.0950. The first-order valence-electron chi connectivity index (χ1n) is 8.99. The Labute approximate surface area is 181 Å². The quantitative estimate of drug-likeness (QED) is 0.344. The molecule has 0 aliphatic rings. The van der Waals surface area contributed by atoms with Gasteiger partial charge >= 0.3 is 5.69 Å². The molecule has 0 saturated carbocycles. The van der Waals surface area contributed by atoms with Crippen LogP contribution in [0.4, 0.5) is 5.69 Å². The third-order valence-corrected chi connectivity index (χ3v) is 4.52. The molecule has 0 aliphatic heterocycles. The van der Waals surface area contributed by atoms with E-state index in [9.17, 15) is 19.7 Å². The van der Waals surface area contributed by atoms with Gasteiger partial charge in [0.15, 0.2) is 5.75 Å². The number of amides is 1. The molecule has 1 amide bonds. The second-order valence-electron chi connectivity index (χ2n) is 6.37. The molecule has 0 fully saturated rings. The van der Waals surface area contributed by atoms with Crippen LogP contribution in [0.5, 0.6) is 5.75 Å². The summed E-state index contributed by atoms with van der Waals surface area (Å²) in [5.74, 6) is -0.597. The molecule has 1 aromatic heterocycles. The average Bonchev–Trinajstić information content (AvgIpc) is 2.75. The van der Waals surface area contributed by atoms with Crippen LogP contribution in [0, 0.1) is 10.1 Å². The largest absolute Gasteiger partial charge is 0.490 e. The molecular formula is C21H17ClN4O5. The van der Waals surface area contributed by atoms with Gasteiger partial charge in [-0.05, 0) is 42.0 Å². The number of nitrogens with one attached hydrogen (secondary N) is 1. The molecule has 158 valence electrons. The molecule has 3 rings (SSSR count). The highest BCUT2D eigenvalue weighted by Crippen LogP contribution is 2.26. The lowest BCUT2D eigenvalue weighted by atomic mass is 10.2. The molecular weight excluding hydrogens is 424 g/mol. The van der Waals surface area contributed by atoms with Crippen LogP contribution in [0.1, 0.15) is 21.5 Å². The molecule has 1 heterocycles. The van der Waals surface area contributed by atoms with Crippen molar-refractivity contribution in [3.8, 4) is 5.75 Å². The minimum atomic E-state index is -0.704. The fourth-order valence-corrected chi connectivity index (χ4v) is 3.03. The summed E-state index contributed by atoms with van der Waals surface area (Å²) in [7, 11) is 1.33. The van der Waals surface area contributed by atoms with E-state index in [-0.39, 0.29) is 23.5 Å². The van der Waals surface area contributed by atoms with Gasteiger partial charge in [-0.25, -0.2) is 5.43 Å². The molecule has 0 unspecified atom stereocenters. The minimum Gasteiger partial charge on any atom is -0.490 e. The topological polar surface area (TPSA) is 116 Å². The van der Waals surface area contributed by atoms with Crippen LogP contribution in [0.15, 0.2) is 70.7 Å². The molecule has 2 aromatic carbocycles. The van der Waals surface area contributed by atoms with Gasteiger partial charge in [0.1, 0.15) is 5.56 Å². The monoisotopic (exact) mass is 440 g/mol. The number of rotatable bonds is 7. The van der Waals surface area contributed by atoms with Gasteiger partial charge in [-0.3, -0.25) is 19.7 Å². The number of nitro groups is 1. The van der Waals surface area contributed by atoms with Crippen LogP contribution in [0.2, 0.25) is 5.02 Å². The summed E-state index contributed by atoms with van der Waals surface area (Å²) in [6.07, 6.45) is 2.80. The molecule has 0 radical (unpaired) electrons. The van der Waals surface area contributed by atoms with E-state index in [1.165, 1.54) is 36.1 Å². The lowest BCUT2D eigenvalue weighted by Crippen LogP contribution is -2.30. The van der Waals surface area contributed by atoms with Gasteiger partial charge in [-0.2, -0.15) is 5.10 Å². The SMILES string of the molecule is COc1ccc(/C=N\NC(=O)c2cccn(Cc3cccc(Cl)c3)c2=O)cc1[N+](=O)[O-]. The number of ether oxygens (including phenoxy) is 1. The fourth-order valence-electron chi connectivity index (χ4n) is 2.82. The van der Waals surface area contributed by atoms with Crippen LogP contribution >= 0.6 is 11.6 Å². The van der Waals surface area contributed by atoms with Crippen LogP contribution in [0.3, 0.4) is 0 Å². The summed E-state index contributed by atoms with van der Waals surface area (Å²) in [6, 6.07) is 14.3. The van der Waals surface area contributed by atoms with Gasteiger partial charge < -0.3 is 9.30 Å². The first-order chi connectivity index (χ1) is 14.9. The zero-order chi connectivity index (χ0) is 22.4. The Morgan fingerprint density at radius 3 is 2.77 bits per heavy atom. The maximum absolute atomic E-state index is 12.7. The molecule has 0 aliphatic carbocycles. The smallest absolute Gasteiger partial charge is 0.311 e. The van der Waals surface area contributed by atoms with E-state index in [4.69, 9.17) is 16.3 Å². The molecule has 0 bridgehead atoms. The second-order valence-corrected chi connectivity index (χ2v) is 6.81. The molecule has 3 aromatic rings. The molecule has 0 spiro atoms. The number of nitrogens with zero attached hydrogens (tertiary/aromatic N) is 3. The number of hydrazone groups is 1. The van der Waals surface area contributed by atoms with Crippen molar-refractivity contribution in [2.45, 2.75) is 6.54 Å². The van der Waals surface area contributed by atoms with Gasteiger partial charge in [0.25, 0.3) is 11.5 Å². The predicted molar refractivity (Wildman–Crippen MR) is 116 cm³/mol. The van der Waals surface area contributed by atoms with E-state index in [1.807, 2.05) is 6.07 Å². The highest BCUT2D eigenvalue weighted by molar-refractivity contribution is 6.30. The number of halogens is 1. The molecule has 0 saturated heterocycles. The zero-order valence-electron chi connectivity index (χ0n) is 16.3. The van der Waals surface area contributed by atoms with Crippen molar-refractivity contribution < 1.29 is 14.5 Å². The third-order valence-electron chi connectivity index (χ3n) is 4.29. The number of aromatic nitrogens is 1. The Kier molecular flexibility index (Phi) is 6.78. The summed E-state index contributed by atoms with van der Waals surface area (Å²) >= 11 is 5.97. The number of benzene rings is 2. The van der Waals surface area contributed by atoms with Crippen molar-refractivity contribution in [3.63, 3.8) is 0 Å². The van der Waals surface area contributed by atoms with Gasteiger partial charge in [0.05, 0.1) is 24.8 Å². The number of carbonyl (C=O) groups is 1. The van der Waals surface area contributed by atoms with E-state index in [1.54, 1.807) is 36.5 Å². The van der Waals surface area contributed by atoms with E-state index in [0.717, 1.165) is 5.56 Å². The van der Waals surface area contributed by atoms with E-state index in [2.05, 4.69) is 10.5 Å². The van der Waals surface area contributed by atoms with Gasteiger partial charge in [0, 0.05) is 22.8 Å². The van der Waals surface area contributed by atoms with Crippen molar-refractivity contribution in [1.29, 1.82) is 0 Å². The first kappa shape index (κ1) is 21.7. The lowest BCUT2D eigenvalue weighted by molar-refractivity contribution is -0.385.